The molecule has 76 valence electrons. The average Bonchev–Trinajstić information content (AvgIpc) is 2.09. The lowest BCUT2D eigenvalue weighted by molar-refractivity contribution is -0.107. The highest BCUT2D eigenvalue weighted by Gasteiger charge is 2.05. The summed E-state index contributed by atoms with van der Waals surface area (Å²) in [6, 6.07) is 5.31. The standard InChI is InChI=1S/C11H13ClO2/c1-8(2)14-11-4-3-10(12)7-9(11)5-6-13/h3-4,6-8H,5H2,1-2H3. The van der Waals surface area contributed by atoms with Gasteiger partial charge in [0.25, 0.3) is 0 Å². The van der Waals surface area contributed by atoms with Crippen molar-refractivity contribution in [2.24, 2.45) is 0 Å². The first-order chi connectivity index (χ1) is 6.63. The zero-order chi connectivity index (χ0) is 10.6. The summed E-state index contributed by atoms with van der Waals surface area (Å²) in [6.45, 7) is 3.89. The molecule has 0 unspecified atom stereocenters. The van der Waals surface area contributed by atoms with Crippen molar-refractivity contribution in [3.05, 3.63) is 28.8 Å². The van der Waals surface area contributed by atoms with Gasteiger partial charge in [-0.25, -0.2) is 0 Å². The minimum absolute atomic E-state index is 0.0987. The molecule has 0 spiro atoms. The van der Waals surface area contributed by atoms with Crippen LogP contribution < -0.4 is 4.74 Å². The van der Waals surface area contributed by atoms with Gasteiger partial charge in [-0.1, -0.05) is 11.6 Å². The summed E-state index contributed by atoms with van der Waals surface area (Å²) < 4.78 is 5.54. The van der Waals surface area contributed by atoms with Gasteiger partial charge >= 0.3 is 0 Å². The Balaban J connectivity index is 2.95. The van der Waals surface area contributed by atoms with Crippen LogP contribution in [-0.2, 0) is 11.2 Å². The molecule has 0 radical (unpaired) electrons. The van der Waals surface area contributed by atoms with Crippen molar-refractivity contribution in [1.82, 2.24) is 0 Å². The highest BCUT2D eigenvalue weighted by atomic mass is 35.5. The first-order valence-electron chi connectivity index (χ1n) is 4.52. The number of carbonyl (C=O) groups excluding carboxylic acids is 1. The Labute approximate surface area is 88.8 Å². The number of aldehydes is 1. The molecule has 0 bridgehead atoms. The third-order valence-electron chi connectivity index (χ3n) is 1.69. The number of carbonyl (C=O) groups is 1. The van der Waals surface area contributed by atoms with Crippen LogP contribution in [0, 0.1) is 0 Å². The fourth-order valence-corrected chi connectivity index (χ4v) is 1.36. The summed E-state index contributed by atoms with van der Waals surface area (Å²) >= 11 is 5.82. The smallest absolute Gasteiger partial charge is 0.124 e. The summed E-state index contributed by atoms with van der Waals surface area (Å²) in [5, 5.41) is 0.623. The van der Waals surface area contributed by atoms with Gasteiger partial charge in [0.1, 0.15) is 12.0 Å². The Bertz CT molecular complexity index is 321. The van der Waals surface area contributed by atoms with Crippen LogP contribution in [0.5, 0.6) is 5.75 Å². The Morgan fingerprint density at radius 2 is 2.21 bits per heavy atom. The van der Waals surface area contributed by atoms with E-state index in [1.165, 1.54) is 0 Å². The topological polar surface area (TPSA) is 26.3 Å². The molecule has 0 saturated heterocycles. The molecule has 0 atom stereocenters. The van der Waals surface area contributed by atoms with Crippen LogP contribution in [0.25, 0.3) is 0 Å². The van der Waals surface area contributed by atoms with E-state index in [-0.39, 0.29) is 6.10 Å². The van der Waals surface area contributed by atoms with Crippen molar-refractivity contribution in [3.63, 3.8) is 0 Å². The van der Waals surface area contributed by atoms with Crippen LogP contribution in [0.1, 0.15) is 19.4 Å². The van der Waals surface area contributed by atoms with E-state index in [1.807, 2.05) is 13.8 Å². The van der Waals surface area contributed by atoms with Gasteiger partial charge in [-0.05, 0) is 32.0 Å². The number of ether oxygens (including phenoxy) is 1. The number of rotatable bonds is 4. The van der Waals surface area contributed by atoms with E-state index < -0.39 is 0 Å². The molecule has 0 N–H and O–H groups in total. The highest BCUT2D eigenvalue weighted by molar-refractivity contribution is 6.30. The molecule has 14 heavy (non-hydrogen) atoms. The first-order valence-corrected chi connectivity index (χ1v) is 4.90. The zero-order valence-corrected chi connectivity index (χ0v) is 9.04. The predicted octanol–water partition coefficient (Wildman–Crippen LogP) is 2.87. The van der Waals surface area contributed by atoms with Gasteiger partial charge in [0.2, 0.25) is 0 Å². The molecule has 0 amide bonds. The zero-order valence-electron chi connectivity index (χ0n) is 8.29. The van der Waals surface area contributed by atoms with Crippen molar-refractivity contribution in [2.75, 3.05) is 0 Å². The van der Waals surface area contributed by atoms with Crippen LogP contribution in [0.15, 0.2) is 18.2 Å². The maximum Gasteiger partial charge on any atom is 0.124 e. The maximum atomic E-state index is 10.4. The van der Waals surface area contributed by atoms with E-state index in [2.05, 4.69) is 0 Å². The lowest BCUT2D eigenvalue weighted by atomic mass is 10.1. The van der Waals surface area contributed by atoms with E-state index in [9.17, 15) is 4.79 Å². The van der Waals surface area contributed by atoms with Gasteiger partial charge < -0.3 is 9.53 Å². The second-order valence-electron chi connectivity index (χ2n) is 3.29. The van der Waals surface area contributed by atoms with E-state index in [4.69, 9.17) is 16.3 Å². The summed E-state index contributed by atoms with van der Waals surface area (Å²) in [4.78, 5) is 10.4. The minimum Gasteiger partial charge on any atom is -0.491 e. The van der Waals surface area contributed by atoms with Gasteiger partial charge in [0.15, 0.2) is 0 Å². The second kappa shape index (κ2) is 5.01. The molecular formula is C11H13ClO2. The average molecular weight is 213 g/mol. The van der Waals surface area contributed by atoms with Crippen molar-refractivity contribution in [2.45, 2.75) is 26.4 Å². The van der Waals surface area contributed by atoms with E-state index in [0.717, 1.165) is 17.6 Å². The monoisotopic (exact) mass is 212 g/mol. The predicted molar refractivity (Wildman–Crippen MR) is 57.0 cm³/mol. The normalized spacial score (nSPS) is 10.3. The van der Waals surface area contributed by atoms with Crippen molar-refractivity contribution >= 4 is 17.9 Å². The molecular weight excluding hydrogens is 200 g/mol. The molecule has 0 saturated carbocycles. The largest absolute Gasteiger partial charge is 0.491 e. The Kier molecular flexibility index (Phi) is 3.96. The third kappa shape index (κ3) is 3.04. The van der Waals surface area contributed by atoms with Crippen molar-refractivity contribution < 1.29 is 9.53 Å². The lowest BCUT2D eigenvalue weighted by Gasteiger charge is -2.13. The van der Waals surface area contributed by atoms with Crippen molar-refractivity contribution in [1.29, 1.82) is 0 Å². The number of halogens is 1. The van der Waals surface area contributed by atoms with E-state index >= 15 is 0 Å². The quantitative estimate of drug-likeness (QED) is 0.718. The van der Waals surface area contributed by atoms with E-state index in [0.29, 0.717) is 11.4 Å². The minimum atomic E-state index is 0.0987. The molecule has 3 heteroatoms. The lowest BCUT2D eigenvalue weighted by Crippen LogP contribution is -2.07. The molecule has 1 aromatic rings. The fraction of sp³-hybridized carbons (Fsp3) is 0.364. The maximum absolute atomic E-state index is 10.4. The molecule has 2 nitrogen and oxygen atoms in total. The number of benzene rings is 1. The molecule has 0 aliphatic carbocycles. The Morgan fingerprint density at radius 1 is 1.50 bits per heavy atom. The van der Waals surface area contributed by atoms with Gasteiger partial charge in [-0.15, -0.1) is 0 Å². The fourth-order valence-electron chi connectivity index (χ4n) is 1.17. The summed E-state index contributed by atoms with van der Waals surface area (Å²) in [5.74, 6) is 0.733. The van der Waals surface area contributed by atoms with Gasteiger partial charge in [0, 0.05) is 17.0 Å². The Morgan fingerprint density at radius 3 is 2.79 bits per heavy atom. The summed E-state index contributed by atoms with van der Waals surface area (Å²) in [5.41, 5.74) is 0.834. The first kappa shape index (κ1) is 11.1. The molecule has 1 aromatic carbocycles. The van der Waals surface area contributed by atoms with Gasteiger partial charge in [-0.2, -0.15) is 0 Å². The summed E-state index contributed by atoms with van der Waals surface area (Å²) in [7, 11) is 0. The van der Waals surface area contributed by atoms with Crippen LogP contribution in [0.2, 0.25) is 5.02 Å². The molecule has 0 aliphatic rings. The van der Waals surface area contributed by atoms with Crippen LogP contribution in [0.4, 0.5) is 0 Å². The van der Waals surface area contributed by atoms with Gasteiger partial charge in [0.05, 0.1) is 6.10 Å². The van der Waals surface area contributed by atoms with Crippen molar-refractivity contribution in [3.8, 4) is 5.75 Å². The van der Waals surface area contributed by atoms with Crippen LogP contribution in [-0.4, -0.2) is 12.4 Å². The number of hydrogen-bond donors (Lipinski definition) is 0. The van der Waals surface area contributed by atoms with Gasteiger partial charge in [-0.3, -0.25) is 0 Å². The molecule has 0 aliphatic heterocycles. The molecule has 0 fully saturated rings. The number of hydrogen-bond acceptors (Lipinski definition) is 2. The Hall–Kier alpha value is -1.02. The van der Waals surface area contributed by atoms with Crippen LogP contribution >= 0.6 is 11.6 Å². The highest BCUT2D eigenvalue weighted by Crippen LogP contribution is 2.23. The summed E-state index contributed by atoms with van der Waals surface area (Å²) in [6.07, 6.45) is 1.28. The third-order valence-corrected chi connectivity index (χ3v) is 1.92. The molecule has 1 rings (SSSR count). The van der Waals surface area contributed by atoms with Crippen LogP contribution in [0.3, 0.4) is 0 Å². The molecule has 0 heterocycles. The SMILES string of the molecule is CC(C)Oc1ccc(Cl)cc1CC=O. The van der Waals surface area contributed by atoms with E-state index in [1.54, 1.807) is 18.2 Å². The second-order valence-corrected chi connectivity index (χ2v) is 3.73. The molecule has 0 aromatic heterocycles.